The average Bonchev–Trinajstić information content (AvgIpc) is 2.61. The van der Waals surface area contributed by atoms with Crippen molar-refractivity contribution in [2.75, 3.05) is 0 Å². The summed E-state index contributed by atoms with van der Waals surface area (Å²) in [5, 5.41) is 2.84. The highest BCUT2D eigenvalue weighted by Crippen LogP contribution is 2.26. The normalized spacial score (nSPS) is 10.9. The zero-order valence-electron chi connectivity index (χ0n) is 13.2. The summed E-state index contributed by atoms with van der Waals surface area (Å²) in [7, 11) is 0. The number of ether oxygens (including phenoxy) is 1. The van der Waals surface area contributed by atoms with E-state index in [-0.39, 0.29) is 5.97 Å². The Morgan fingerprint density at radius 2 is 1.58 bits per heavy atom. The second-order valence-electron chi connectivity index (χ2n) is 5.70. The summed E-state index contributed by atoms with van der Waals surface area (Å²) in [5.41, 5.74) is 2.14. The maximum Gasteiger partial charge on any atom is 0.344 e. The molecule has 4 aromatic rings. The Hall–Kier alpha value is -3.20. The van der Waals surface area contributed by atoms with Crippen LogP contribution in [0.5, 0.6) is 5.75 Å². The fraction of sp³-hybridized carbons (Fsp3) is 0.0476. The van der Waals surface area contributed by atoms with Crippen LogP contribution in [0.1, 0.15) is 16.1 Å². The molecule has 0 unspecified atom stereocenters. The van der Waals surface area contributed by atoms with Crippen molar-refractivity contribution in [3.8, 4) is 5.75 Å². The van der Waals surface area contributed by atoms with Gasteiger partial charge in [0.15, 0.2) is 5.75 Å². The van der Waals surface area contributed by atoms with Gasteiger partial charge in [-0.25, -0.2) is 9.78 Å². The molecule has 3 nitrogen and oxygen atoms in total. The first kappa shape index (κ1) is 14.4. The summed E-state index contributed by atoms with van der Waals surface area (Å²) in [6.45, 7) is 1.92. The molecule has 0 bridgehead atoms. The second kappa shape index (κ2) is 5.78. The summed E-state index contributed by atoms with van der Waals surface area (Å²) in [6.07, 6.45) is 0. The fourth-order valence-corrected chi connectivity index (χ4v) is 2.86. The van der Waals surface area contributed by atoms with E-state index in [2.05, 4.69) is 4.98 Å². The van der Waals surface area contributed by atoms with Crippen LogP contribution in [0.2, 0.25) is 0 Å². The number of pyridine rings is 1. The lowest BCUT2D eigenvalue weighted by Gasteiger charge is -2.09. The van der Waals surface area contributed by atoms with E-state index in [1.54, 1.807) is 12.1 Å². The molecule has 1 heterocycles. The van der Waals surface area contributed by atoms with Gasteiger partial charge in [0.05, 0.1) is 5.56 Å². The van der Waals surface area contributed by atoms with Crippen LogP contribution in [0, 0.1) is 6.92 Å². The third kappa shape index (κ3) is 2.50. The molecule has 4 rings (SSSR count). The Labute approximate surface area is 139 Å². The van der Waals surface area contributed by atoms with Crippen LogP contribution in [-0.2, 0) is 0 Å². The van der Waals surface area contributed by atoms with Crippen molar-refractivity contribution >= 4 is 27.6 Å². The number of benzene rings is 3. The number of fused-ring (bicyclic) bond motifs is 2. The van der Waals surface area contributed by atoms with Gasteiger partial charge in [0, 0.05) is 11.1 Å². The highest BCUT2D eigenvalue weighted by atomic mass is 16.5. The van der Waals surface area contributed by atoms with Crippen molar-refractivity contribution in [3.63, 3.8) is 0 Å². The van der Waals surface area contributed by atoms with Crippen molar-refractivity contribution < 1.29 is 9.53 Å². The number of aryl methyl sites for hydroxylation is 1. The molecule has 0 aliphatic heterocycles. The molecule has 0 saturated carbocycles. The number of hydrogen-bond donors (Lipinski definition) is 0. The largest absolute Gasteiger partial charge is 0.421 e. The standard InChI is InChI=1S/C21H15NO2/c1-14-12-13-16-8-5-11-19(20(16)22-14)24-21(23)18-10-4-7-15-6-2-3-9-17(15)18/h2-13H,1H3. The zero-order valence-corrected chi connectivity index (χ0v) is 13.2. The molecule has 0 fully saturated rings. The van der Waals surface area contributed by atoms with Crippen LogP contribution in [0.15, 0.2) is 72.8 Å². The summed E-state index contributed by atoms with van der Waals surface area (Å²) >= 11 is 0. The quantitative estimate of drug-likeness (QED) is 0.390. The zero-order chi connectivity index (χ0) is 16.5. The minimum absolute atomic E-state index is 0.373. The Morgan fingerprint density at radius 3 is 2.50 bits per heavy atom. The summed E-state index contributed by atoms with van der Waals surface area (Å²) in [4.78, 5) is 17.2. The van der Waals surface area contributed by atoms with E-state index in [0.29, 0.717) is 16.8 Å². The molecule has 0 atom stereocenters. The van der Waals surface area contributed by atoms with E-state index in [0.717, 1.165) is 21.9 Å². The molecule has 0 aliphatic rings. The number of aromatic nitrogens is 1. The number of rotatable bonds is 2. The van der Waals surface area contributed by atoms with Crippen LogP contribution in [0.25, 0.3) is 21.7 Å². The number of carbonyl (C=O) groups is 1. The van der Waals surface area contributed by atoms with Gasteiger partial charge in [-0.2, -0.15) is 0 Å². The SMILES string of the molecule is Cc1ccc2cccc(OC(=O)c3cccc4ccccc34)c2n1. The van der Waals surface area contributed by atoms with Gasteiger partial charge in [0.1, 0.15) is 5.52 Å². The summed E-state index contributed by atoms with van der Waals surface area (Å²) < 4.78 is 5.68. The maximum absolute atomic E-state index is 12.7. The first-order valence-electron chi connectivity index (χ1n) is 7.79. The van der Waals surface area contributed by atoms with Gasteiger partial charge >= 0.3 is 5.97 Å². The van der Waals surface area contributed by atoms with Crippen molar-refractivity contribution in [1.29, 1.82) is 0 Å². The summed E-state index contributed by atoms with van der Waals surface area (Å²) in [5.74, 6) is 0.108. The fourth-order valence-electron chi connectivity index (χ4n) is 2.86. The minimum Gasteiger partial charge on any atom is -0.421 e. The molecular formula is C21H15NO2. The third-order valence-electron chi connectivity index (χ3n) is 4.03. The molecule has 0 spiro atoms. The van der Waals surface area contributed by atoms with Crippen LogP contribution in [0.3, 0.4) is 0 Å². The van der Waals surface area contributed by atoms with Gasteiger partial charge < -0.3 is 4.74 Å². The predicted octanol–water partition coefficient (Wildman–Crippen LogP) is 4.92. The molecule has 3 aromatic carbocycles. The first-order valence-corrected chi connectivity index (χ1v) is 7.79. The molecule has 0 saturated heterocycles. The molecule has 0 aliphatic carbocycles. The van der Waals surface area contributed by atoms with Crippen LogP contribution in [0.4, 0.5) is 0 Å². The molecule has 0 N–H and O–H groups in total. The van der Waals surface area contributed by atoms with Gasteiger partial charge in [-0.1, -0.05) is 54.6 Å². The number of para-hydroxylation sites is 1. The maximum atomic E-state index is 12.7. The lowest BCUT2D eigenvalue weighted by atomic mass is 10.0. The number of hydrogen-bond acceptors (Lipinski definition) is 3. The molecule has 3 heteroatoms. The van der Waals surface area contributed by atoms with Crippen molar-refractivity contribution in [2.24, 2.45) is 0 Å². The monoisotopic (exact) mass is 313 g/mol. The van der Waals surface area contributed by atoms with Gasteiger partial charge in [-0.05, 0) is 35.9 Å². The van der Waals surface area contributed by atoms with Gasteiger partial charge in [-0.3, -0.25) is 0 Å². The Bertz CT molecular complexity index is 1060. The second-order valence-corrected chi connectivity index (χ2v) is 5.70. The van der Waals surface area contributed by atoms with Crippen molar-refractivity contribution in [2.45, 2.75) is 6.92 Å². The van der Waals surface area contributed by atoms with E-state index in [1.807, 2.05) is 67.6 Å². The molecule has 0 radical (unpaired) electrons. The van der Waals surface area contributed by atoms with E-state index < -0.39 is 0 Å². The molecule has 1 aromatic heterocycles. The molecular weight excluding hydrogens is 298 g/mol. The van der Waals surface area contributed by atoms with E-state index in [9.17, 15) is 4.79 Å². The van der Waals surface area contributed by atoms with E-state index in [4.69, 9.17) is 4.74 Å². The van der Waals surface area contributed by atoms with E-state index >= 15 is 0 Å². The smallest absolute Gasteiger partial charge is 0.344 e. The minimum atomic E-state index is -0.373. The highest BCUT2D eigenvalue weighted by Gasteiger charge is 2.14. The van der Waals surface area contributed by atoms with Crippen molar-refractivity contribution in [3.05, 3.63) is 84.1 Å². The lowest BCUT2D eigenvalue weighted by molar-refractivity contribution is 0.0739. The van der Waals surface area contributed by atoms with Gasteiger partial charge in [0.25, 0.3) is 0 Å². The topological polar surface area (TPSA) is 39.2 Å². The average molecular weight is 313 g/mol. The number of esters is 1. The van der Waals surface area contributed by atoms with Gasteiger partial charge in [0.2, 0.25) is 0 Å². The predicted molar refractivity (Wildman–Crippen MR) is 95.4 cm³/mol. The number of nitrogens with zero attached hydrogens (tertiary/aromatic N) is 1. The molecule has 116 valence electrons. The number of carbonyl (C=O) groups excluding carboxylic acids is 1. The van der Waals surface area contributed by atoms with Crippen molar-refractivity contribution in [1.82, 2.24) is 4.98 Å². The Balaban J connectivity index is 1.78. The lowest BCUT2D eigenvalue weighted by Crippen LogP contribution is -2.09. The van der Waals surface area contributed by atoms with Crippen LogP contribution in [-0.4, -0.2) is 11.0 Å². The van der Waals surface area contributed by atoms with Gasteiger partial charge in [-0.15, -0.1) is 0 Å². The third-order valence-corrected chi connectivity index (χ3v) is 4.03. The Kier molecular flexibility index (Phi) is 3.47. The molecule has 0 amide bonds. The Morgan fingerprint density at radius 1 is 0.833 bits per heavy atom. The first-order chi connectivity index (χ1) is 11.7. The van der Waals surface area contributed by atoms with Crippen LogP contribution >= 0.6 is 0 Å². The van der Waals surface area contributed by atoms with E-state index in [1.165, 1.54) is 0 Å². The highest BCUT2D eigenvalue weighted by molar-refractivity contribution is 6.05. The molecule has 24 heavy (non-hydrogen) atoms. The summed E-state index contributed by atoms with van der Waals surface area (Å²) in [6, 6.07) is 22.9. The van der Waals surface area contributed by atoms with Crippen LogP contribution < -0.4 is 4.74 Å².